The minimum atomic E-state index is 0.396. The zero-order valence-corrected chi connectivity index (χ0v) is 13.2. The Hall–Kier alpha value is -0.830. The number of hydrogen-bond acceptors (Lipinski definition) is 2. The molecule has 1 aromatic carbocycles. The van der Waals surface area contributed by atoms with Crippen LogP contribution >= 0.6 is 22.9 Å². The van der Waals surface area contributed by atoms with Crippen LogP contribution in [0.5, 0.6) is 0 Å². The lowest BCUT2D eigenvalue weighted by molar-refractivity contribution is 0.576. The smallest absolute Gasteiger partial charge is 0.0438 e. The Kier molecular flexibility index (Phi) is 5.03. The molecule has 0 radical (unpaired) electrons. The van der Waals surface area contributed by atoms with Gasteiger partial charge in [0.1, 0.15) is 0 Å². The van der Waals surface area contributed by atoms with E-state index in [2.05, 4.69) is 38.2 Å². The maximum atomic E-state index is 6.16. The highest BCUT2D eigenvalue weighted by molar-refractivity contribution is 7.12. The van der Waals surface area contributed by atoms with Crippen LogP contribution < -0.4 is 5.32 Å². The van der Waals surface area contributed by atoms with E-state index in [4.69, 9.17) is 11.6 Å². The molecule has 102 valence electrons. The SMILES string of the molecule is Cc1cc(C(C)NCCc2ccccc2Cl)c(C)s1. The molecule has 0 aliphatic carbocycles. The summed E-state index contributed by atoms with van der Waals surface area (Å²) in [5.74, 6) is 0. The molecule has 0 saturated heterocycles. The summed E-state index contributed by atoms with van der Waals surface area (Å²) in [5, 5.41) is 4.44. The average molecular weight is 294 g/mol. The average Bonchev–Trinajstić information content (AvgIpc) is 2.71. The molecule has 19 heavy (non-hydrogen) atoms. The lowest BCUT2D eigenvalue weighted by Crippen LogP contribution is -2.21. The molecule has 2 aromatic rings. The van der Waals surface area contributed by atoms with Crippen molar-refractivity contribution in [1.82, 2.24) is 5.32 Å². The molecule has 3 heteroatoms. The van der Waals surface area contributed by atoms with Gasteiger partial charge in [-0.3, -0.25) is 0 Å². The van der Waals surface area contributed by atoms with Crippen LogP contribution in [0.4, 0.5) is 0 Å². The summed E-state index contributed by atoms with van der Waals surface area (Å²) in [6, 6.07) is 10.7. The molecule has 0 aliphatic rings. The number of halogens is 1. The number of nitrogens with one attached hydrogen (secondary N) is 1. The predicted molar refractivity (Wildman–Crippen MR) is 85.4 cm³/mol. The van der Waals surface area contributed by atoms with Gasteiger partial charge < -0.3 is 5.32 Å². The van der Waals surface area contributed by atoms with Gasteiger partial charge in [-0.25, -0.2) is 0 Å². The summed E-state index contributed by atoms with van der Waals surface area (Å²) in [4.78, 5) is 2.79. The summed E-state index contributed by atoms with van der Waals surface area (Å²) in [5.41, 5.74) is 2.63. The minimum absolute atomic E-state index is 0.396. The second-order valence-electron chi connectivity index (χ2n) is 4.89. The Morgan fingerprint density at radius 1 is 1.26 bits per heavy atom. The first-order chi connectivity index (χ1) is 9.08. The molecule has 0 spiro atoms. The first-order valence-corrected chi connectivity index (χ1v) is 7.81. The van der Waals surface area contributed by atoms with Crippen LogP contribution in [0.25, 0.3) is 0 Å². The van der Waals surface area contributed by atoms with Crippen LogP contribution in [0.1, 0.15) is 33.8 Å². The van der Waals surface area contributed by atoms with Crippen LogP contribution in [-0.4, -0.2) is 6.54 Å². The van der Waals surface area contributed by atoms with Crippen molar-refractivity contribution in [2.45, 2.75) is 33.2 Å². The van der Waals surface area contributed by atoms with Crippen molar-refractivity contribution in [3.63, 3.8) is 0 Å². The zero-order valence-electron chi connectivity index (χ0n) is 11.7. The zero-order chi connectivity index (χ0) is 13.8. The first kappa shape index (κ1) is 14.6. The van der Waals surface area contributed by atoms with Gasteiger partial charge in [-0.1, -0.05) is 29.8 Å². The highest BCUT2D eigenvalue weighted by Crippen LogP contribution is 2.26. The second-order valence-corrected chi connectivity index (χ2v) is 6.75. The molecule has 2 rings (SSSR count). The maximum absolute atomic E-state index is 6.16. The van der Waals surface area contributed by atoms with Gasteiger partial charge in [0.25, 0.3) is 0 Å². The van der Waals surface area contributed by atoms with Crippen LogP contribution in [0.2, 0.25) is 5.02 Å². The van der Waals surface area contributed by atoms with Crippen molar-refractivity contribution < 1.29 is 0 Å². The van der Waals surface area contributed by atoms with E-state index in [9.17, 15) is 0 Å². The first-order valence-electron chi connectivity index (χ1n) is 6.61. The fourth-order valence-corrected chi connectivity index (χ4v) is 3.57. The van der Waals surface area contributed by atoms with E-state index < -0.39 is 0 Å². The van der Waals surface area contributed by atoms with Crippen molar-refractivity contribution in [2.75, 3.05) is 6.54 Å². The monoisotopic (exact) mass is 293 g/mol. The summed E-state index contributed by atoms with van der Waals surface area (Å²) in [6.45, 7) is 7.53. The molecule has 1 heterocycles. The van der Waals surface area contributed by atoms with E-state index in [0.717, 1.165) is 18.0 Å². The van der Waals surface area contributed by atoms with Gasteiger partial charge in [0.05, 0.1) is 0 Å². The van der Waals surface area contributed by atoms with Gasteiger partial charge in [-0.15, -0.1) is 11.3 Å². The summed E-state index contributed by atoms with van der Waals surface area (Å²) in [6.07, 6.45) is 0.964. The Bertz CT molecular complexity index is 547. The van der Waals surface area contributed by atoms with Gasteiger partial charge in [-0.05, 0) is 57.0 Å². The molecular weight excluding hydrogens is 274 g/mol. The summed E-state index contributed by atoms with van der Waals surface area (Å²) >= 11 is 8.03. The molecule has 1 atom stereocenters. The lowest BCUT2D eigenvalue weighted by Gasteiger charge is -2.14. The topological polar surface area (TPSA) is 12.0 Å². The van der Waals surface area contributed by atoms with Crippen molar-refractivity contribution in [2.24, 2.45) is 0 Å². The molecule has 0 fully saturated rings. The molecule has 0 saturated carbocycles. The summed E-state index contributed by atoms with van der Waals surface area (Å²) in [7, 11) is 0. The van der Waals surface area contributed by atoms with Crippen molar-refractivity contribution in [3.8, 4) is 0 Å². The van der Waals surface area contributed by atoms with Crippen LogP contribution in [-0.2, 0) is 6.42 Å². The van der Waals surface area contributed by atoms with E-state index in [-0.39, 0.29) is 0 Å². The standard InChI is InChI=1S/C16H20ClNS/c1-11-10-15(13(3)19-11)12(2)18-9-8-14-6-4-5-7-16(14)17/h4-7,10,12,18H,8-9H2,1-3H3. The molecular formula is C16H20ClNS. The molecule has 0 amide bonds. The highest BCUT2D eigenvalue weighted by Gasteiger charge is 2.10. The Labute approximate surface area is 124 Å². The summed E-state index contributed by atoms with van der Waals surface area (Å²) < 4.78 is 0. The van der Waals surface area contributed by atoms with E-state index in [0.29, 0.717) is 6.04 Å². The predicted octanol–water partition coefficient (Wildman–Crippen LogP) is 4.91. The number of hydrogen-bond donors (Lipinski definition) is 1. The van der Waals surface area contributed by atoms with Crippen LogP contribution in [0, 0.1) is 13.8 Å². The van der Waals surface area contributed by atoms with Crippen LogP contribution in [0.15, 0.2) is 30.3 Å². The van der Waals surface area contributed by atoms with Gasteiger partial charge in [0.2, 0.25) is 0 Å². The number of thiophene rings is 1. The normalized spacial score (nSPS) is 12.6. The molecule has 0 bridgehead atoms. The third-order valence-corrected chi connectivity index (χ3v) is 4.70. The van der Waals surface area contributed by atoms with E-state index in [1.807, 2.05) is 29.5 Å². The van der Waals surface area contributed by atoms with Gasteiger partial charge >= 0.3 is 0 Å². The quantitative estimate of drug-likeness (QED) is 0.826. The maximum Gasteiger partial charge on any atom is 0.0438 e. The van der Waals surface area contributed by atoms with E-state index >= 15 is 0 Å². The lowest BCUT2D eigenvalue weighted by atomic mass is 10.1. The highest BCUT2D eigenvalue weighted by atomic mass is 35.5. The van der Waals surface area contributed by atoms with E-state index in [1.165, 1.54) is 20.9 Å². The third-order valence-electron chi connectivity index (χ3n) is 3.35. The second kappa shape index (κ2) is 6.56. The molecule has 1 nitrogen and oxygen atoms in total. The Morgan fingerprint density at radius 3 is 2.63 bits per heavy atom. The molecule has 1 aromatic heterocycles. The fourth-order valence-electron chi connectivity index (χ4n) is 2.31. The Morgan fingerprint density at radius 2 is 2.00 bits per heavy atom. The largest absolute Gasteiger partial charge is 0.310 e. The van der Waals surface area contributed by atoms with Crippen molar-refractivity contribution >= 4 is 22.9 Å². The number of aryl methyl sites for hydroxylation is 2. The molecule has 1 N–H and O–H groups in total. The van der Waals surface area contributed by atoms with Crippen molar-refractivity contribution in [3.05, 3.63) is 56.2 Å². The fraction of sp³-hybridized carbons (Fsp3) is 0.375. The van der Waals surface area contributed by atoms with Gasteiger partial charge in [0.15, 0.2) is 0 Å². The molecule has 1 unspecified atom stereocenters. The number of benzene rings is 1. The minimum Gasteiger partial charge on any atom is -0.310 e. The van der Waals surface area contributed by atoms with E-state index in [1.54, 1.807) is 0 Å². The molecule has 0 aliphatic heterocycles. The van der Waals surface area contributed by atoms with Gasteiger partial charge in [0, 0.05) is 20.8 Å². The van der Waals surface area contributed by atoms with Gasteiger partial charge in [-0.2, -0.15) is 0 Å². The van der Waals surface area contributed by atoms with Crippen molar-refractivity contribution in [1.29, 1.82) is 0 Å². The number of rotatable bonds is 5. The van der Waals surface area contributed by atoms with Crippen LogP contribution in [0.3, 0.4) is 0 Å². The third kappa shape index (κ3) is 3.82. The Balaban J connectivity index is 1.89.